The van der Waals surface area contributed by atoms with E-state index in [1.54, 1.807) is 0 Å². The molecule has 0 aromatic carbocycles. The van der Waals surface area contributed by atoms with E-state index in [9.17, 15) is 14.0 Å². The molecule has 5 rings (SSSR count). The van der Waals surface area contributed by atoms with Crippen LogP contribution < -0.4 is 10.8 Å². The first-order valence-corrected chi connectivity index (χ1v) is 13.6. The molecule has 3 aliphatic carbocycles. The Morgan fingerprint density at radius 1 is 1.12 bits per heavy atom. The van der Waals surface area contributed by atoms with Crippen LogP contribution in [0.1, 0.15) is 78.1 Å². The first-order chi connectivity index (χ1) is 16.4. The molecule has 5 fully saturated rings. The summed E-state index contributed by atoms with van der Waals surface area (Å²) >= 11 is 0. The minimum Gasteiger partial charge on any atom is -0.356 e. The number of likely N-dealkylation sites (tertiary alicyclic amines) is 1. The van der Waals surface area contributed by atoms with Crippen molar-refractivity contribution in [3.05, 3.63) is 0 Å². The molecule has 0 aromatic rings. The van der Waals surface area contributed by atoms with Crippen LogP contribution >= 0.6 is 0 Å². The van der Waals surface area contributed by atoms with E-state index in [2.05, 4.69) is 22.6 Å². The summed E-state index contributed by atoms with van der Waals surface area (Å²) < 4.78 is 13.6. The van der Waals surface area contributed by atoms with E-state index in [1.807, 2.05) is 18.9 Å². The molecule has 2 heterocycles. The Balaban J connectivity index is 0.000000180. The van der Waals surface area contributed by atoms with E-state index in [1.165, 1.54) is 12.8 Å². The van der Waals surface area contributed by atoms with Gasteiger partial charge in [0.2, 0.25) is 12.3 Å². The largest absolute Gasteiger partial charge is 0.356 e. The maximum atomic E-state index is 13.6. The molecule has 0 bridgehead atoms. The fraction of sp³-hybridized carbons (Fsp3) is 0.923. The van der Waals surface area contributed by atoms with Crippen LogP contribution in [0.4, 0.5) is 4.39 Å². The van der Waals surface area contributed by atoms with Crippen LogP contribution in [-0.2, 0) is 14.4 Å². The van der Waals surface area contributed by atoms with Crippen molar-refractivity contribution >= 4 is 12.3 Å². The normalized spacial score (nSPS) is 40.5. The SMILES string of the molecule is CC1CC2C(F)CCC(C)C2NO1.CN(C(=O)C1CC1)C1CCN(C2CCCC(NC=O)C2)C1. The van der Waals surface area contributed by atoms with Gasteiger partial charge in [-0.1, -0.05) is 6.92 Å². The van der Waals surface area contributed by atoms with Crippen LogP contribution in [0.25, 0.3) is 0 Å². The summed E-state index contributed by atoms with van der Waals surface area (Å²) in [5.41, 5.74) is 3.01. The maximum absolute atomic E-state index is 13.6. The maximum Gasteiger partial charge on any atom is 0.225 e. The number of rotatable bonds is 5. The fourth-order valence-corrected chi connectivity index (χ4v) is 6.54. The second-order valence-corrected chi connectivity index (χ2v) is 11.5. The van der Waals surface area contributed by atoms with Crippen molar-refractivity contribution in [1.82, 2.24) is 20.6 Å². The Morgan fingerprint density at radius 3 is 2.65 bits per heavy atom. The smallest absolute Gasteiger partial charge is 0.225 e. The first kappa shape index (κ1) is 25.8. The lowest BCUT2D eigenvalue weighted by Crippen LogP contribution is -2.54. The molecule has 194 valence electrons. The summed E-state index contributed by atoms with van der Waals surface area (Å²) in [7, 11) is 1.98. The van der Waals surface area contributed by atoms with Gasteiger partial charge in [0.1, 0.15) is 6.17 Å². The molecular weight excluding hydrogens is 435 g/mol. The highest BCUT2D eigenvalue weighted by atomic mass is 19.1. The zero-order valence-corrected chi connectivity index (χ0v) is 21.3. The molecule has 2 aliphatic heterocycles. The quantitative estimate of drug-likeness (QED) is 0.592. The van der Waals surface area contributed by atoms with Crippen LogP contribution in [-0.4, -0.2) is 78.7 Å². The summed E-state index contributed by atoms with van der Waals surface area (Å²) in [4.78, 5) is 32.7. The fourth-order valence-electron chi connectivity index (χ4n) is 6.54. The number of hydroxylamine groups is 1. The van der Waals surface area contributed by atoms with Crippen molar-refractivity contribution in [2.45, 2.75) is 114 Å². The molecule has 2 N–H and O–H groups in total. The van der Waals surface area contributed by atoms with Crippen LogP contribution in [0.15, 0.2) is 0 Å². The number of alkyl halides is 1. The predicted molar refractivity (Wildman–Crippen MR) is 130 cm³/mol. The van der Waals surface area contributed by atoms with Crippen LogP contribution in [0.3, 0.4) is 0 Å². The number of fused-ring (bicyclic) bond motifs is 1. The van der Waals surface area contributed by atoms with Gasteiger partial charge in [-0.15, -0.1) is 0 Å². The third kappa shape index (κ3) is 6.30. The molecule has 3 saturated carbocycles. The van der Waals surface area contributed by atoms with E-state index in [4.69, 9.17) is 4.84 Å². The van der Waals surface area contributed by atoms with Gasteiger partial charge in [-0.05, 0) is 77.0 Å². The van der Waals surface area contributed by atoms with Crippen LogP contribution in [0, 0.1) is 17.8 Å². The molecule has 0 radical (unpaired) electrons. The number of amides is 2. The molecule has 7 nitrogen and oxygen atoms in total. The Labute approximate surface area is 204 Å². The van der Waals surface area contributed by atoms with Gasteiger partial charge in [0.25, 0.3) is 0 Å². The zero-order chi connectivity index (χ0) is 24.2. The van der Waals surface area contributed by atoms with Gasteiger partial charge in [0.05, 0.1) is 6.10 Å². The molecule has 0 spiro atoms. The van der Waals surface area contributed by atoms with Crippen molar-refractivity contribution in [2.24, 2.45) is 17.8 Å². The second kappa shape index (κ2) is 11.7. The van der Waals surface area contributed by atoms with E-state index in [0.29, 0.717) is 35.9 Å². The molecule has 2 amide bonds. The number of nitrogens with one attached hydrogen (secondary N) is 2. The van der Waals surface area contributed by atoms with Gasteiger partial charge in [-0.2, -0.15) is 5.48 Å². The highest BCUT2D eigenvalue weighted by Gasteiger charge is 2.41. The topological polar surface area (TPSA) is 73.9 Å². The monoisotopic (exact) mass is 480 g/mol. The van der Waals surface area contributed by atoms with Gasteiger partial charge >= 0.3 is 0 Å². The third-order valence-corrected chi connectivity index (χ3v) is 8.93. The Bertz CT molecular complexity index is 693. The van der Waals surface area contributed by atoms with Gasteiger partial charge in [0.15, 0.2) is 0 Å². The van der Waals surface area contributed by atoms with Gasteiger partial charge in [0, 0.05) is 56.1 Å². The molecule has 34 heavy (non-hydrogen) atoms. The summed E-state index contributed by atoms with van der Waals surface area (Å²) in [6.07, 6.45) is 10.8. The molecule has 8 atom stereocenters. The minimum absolute atomic E-state index is 0.157. The number of hydrogen-bond acceptors (Lipinski definition) is 5. The number of nitrogens with zero attached hydrogens (tertiary/aromatic N) is 2. The number of carbonyl (C=O) groups excluding carboxylic acids is 2. The number of hydrogen-bond donors (Lipinski definition) is 2. The van der Waals surface area contributed by atoms with Gasteiger partial charge in [-0.3, -0.25) is 19.3 Å². The third-order valence-electron chi connectivity index (χ3n) is 8.93. The van der Waals surface area contributed by atoms with Gasteiger partial charge in [-0.25, -0.2) is 4.39 Å². The summed E-state index contributed by atoms with van der Waals surface area (Å²) in [5.74, 6) is 1.39. The molecular formula is C26H45FN4O3. The van der Waals surface area contributed by atoms with E-state index in [-0.39, 0.29) is 18.1 Å². The lowest BCUT2D eigenvalue weighted by Gasteiger charge is -2.43. The second-order valence-electron chi connectivity index (χ2n) is 11.5. The lowest BCUT2D eigenvalue weighted by atomic mass is 9.74. The zero-order valence-electron chi connectivity index (χ0n) is 21.3. The van der Waals surface area contributed by atoms with E-state index in [0.717, 1.165) is 70.9 Å². The van der Waals surface area contributed by atoms with Crippen molar-refractivity contribution in [3.63, 3.8) is 0 Å². The van der Waals surface area contributed by atoms with E-state index < -0.39 is 6.17 Å². The van der Waals surface area contributed by atoms with Crippen molar-refractivity contribution in [2.75, 3.05) is 20.1 Å². The average Bonchev–Trinajstić information content (AvgIpc) is 3.57. The predicted octanol–water partition coefficient (Wildman–Crippen LogP) is 3.04. The summed E-state index contributed by atoms with van der Waals surface area (Å²) in [5, 5.41) is 2.94. The molecule has 2 saturated heterocycles. The first-order valence-electron chi connectivity index (χ1n) is 13.6. The van der Waals surface area contributed by atoms with Crippen molar-refractivity contribution in [1.29, 1.82) is 0 Å². The molecule has 8 unspecified atom stereocenters. The Morgan fingerprint density at radius 2 is 1.91 bits per heavy atom. The Hall–Kier alpha value is -1.25. The van der Waals surface area contributed by atoms with Gasteiger partial charge < -0.3 is 10.2 Å². The highest BCUT2D eigenvalue weighted by Crippen LogP contribution is 2.37. The summed E-state index contributed by atoms with van der Waals surface area (Å²) in [6, 6.07) is 1.54. The number of halogens is 1. The Kier molecular flexibility index (Phi) is 8.86. The minimum atomic E-state index is -0.625. The van der Waals surface area contributed by atoms with Crippen molar-refractivity contribution < 1.29 is 18.8 Å². The van der Waals surface area contributed by atoms with Crippen LogP contribution in [0.5, 0.6) is 0 Å². The lowest BCUT2D eigenvalue weighted by molar-refractivity contribution is -0.133. The standard InChI is InChI=1S/C16H27N3O2.C10H18FNO/c1-18(16(21)12-5-6-12)15-7-8-19(10-15)14-4-2-3-13(9-14)17-11-20;1-6-3-4-9(11)8-5-7(2)13-12-10(6)8/h11-15H,2-10H2,1H3,(H,17,20);6-10,12H,3-5H2,1-2H3. The summed E-state index contributed by atoms with van der Waals surface area (Å²) in [6.45, 7) is 6.27. The van der Waals surface area contributed by atoms with Crippen molar-refractivity contribution in [3.8, 4) is 0 Å². The molecule has 8 heteroatoms. The molecule has 5 aliphatic rings. The average molecular weight is 481 g/mol. The highest BCUT2D eigenvalue weighted by molar-refractivity contribution is 5.81. The van der Waals surface area contributed by atoms with E-state index >= 15 is 0 Å². The number of carbonyl (C=O) groups is 2. The van der Waals surface area contributed by atoms with Crippen LogP contribution in [0.2, 0.25) is 0 Å². The number of likely N-dealkylation sites (N-methyl/N-ethyl adjacent to an activating group) is 1. The molecule has 0 aromatic heterocycles.